The van der Waals surface area contributed by atoms with E-state index in [-0.39, 0.29) is 17.5 Å². The Morgan fingerprint density at radius 3 is 1.93 bits per heavy atom. The van der Waals surface area contributed by atoms with Crippen LogP contribution in [0.5, 0.6) is 0 Å². The summed E-state index contributed by atoms with van der Waals surface area (Å²) in [6.07, 6.45) is -0.233. The minimum absolute atomic E-state index is 0.233. The first-order chi connectivity index (χ1) is 7.08. The molecule has 7 heteroatoms. The Balaban J connectivity index is 2.47. The summed E-state index contributed by atoms with van der Waals surface area (Å²) in [5, 5.41) is 21.0. The van der Waals surface area contributed by atoms with E-state index in [1.165, 1.54) is 12.1 Å². The van der Waals surface area contributed by atoms with Gasteiger partial charge >= 0.3 is 0 Å². The molecule has 7 nitrogen and oxygen atoms in total. The van der Waals surface area contributed by atoms with Gasteiger partial charge in [-0.1, -0.05) is 0 Å². The Morgan fingerprint density at radius 2 is 1.60 bits per heavy atom. The first-order valence-corrected chi connectivity index (χ1v) is 4.13. The van der Waals surface area contributed by atoms with Gasteiger partial charge in [-0.25, -0.2) is 0 Å². The van der Waals surface area contributed by atoms with Crippen LogP contribution in [0.25, 0.3) is 0 Å². The molecule has 78 valence electrons. The number of nitro benzene ring substituents is 2. The van der Waals surface area contributed by atoms with Crippen LogP contribution in [0.15, 0.2) is 18.2 Å². The molecule has 1 aromatic rings. The maximum absolute atomic E-state index is 10.5. The molecule has 0 aromatic heterocycles. The molecule has 1 fully saturated rings. The van der Waals surface area contributed by atoms with E-state index in [1.54, 1.807) is 0 Å². The largest absolute Gasteiger partial charge is 0.368 e. The molecule has 1 aliphatic rings. The van der Waals surface area contributed by atoms with Gasteiger partial charge in [-0.2, -0.15) is 0 Å². The summed E-state index contributed by atoms with van der Waals surface area (Å²) in [6, 6.07) is 3.53. The molecular formula is C8H6N2O5. The van der Waals surface area contributed by atoms with Crippen molar-refractivity contribution >= 4 is 11.4 Å². The van der Waals surface area contributed by atoms with Crippen LogP contribution in [0.1, 0.15) is 11.7 Å². The van der Waals surface area contributed by atoms with Crippen LogP contribution >= 0.6 is 0 Å². The molecule has 0 amide bonds. The molecule has 15 heavy (non-hydrogen) atoms. The predicted octanol–water partition coefficient (Wildman–Crippen LogP) is 1.57. The monoisotopic (exact) mass is 210 g/mol. The summed E-state index contributed by atoms with van der Waals surface area (Å²) in [4.78, 5) is 19.7. The molecule has 0 aliphatic carbocycles. The van der Waals surface area contributed by atoms with Crippen molar-refractivity contribution in [2.24, 2.45) is 0 Å². The summed E-state index contributed by atoms with van der Waals surface area (Å²) in [5.74, 6) is 0. The zero-order valence-electron chi connectivity index (χ0n) is 7.45. The van der Waals surface area contributed by atoms with Gasteiger partial charge in [-0.3, -0.25) is 20.2 Å². The maximum atomic E-state index is 10.5. The van der Waals surface area contributed by atoms with Crippen LogP contribution in [0.4, 0.5) is 11.4 Å². The van der Waals surface area contributed by atoms with Crippen molar-refractivity contribution in [1.82, 2.24) is 0 Å². The van der Waals surface area contributed by atoms with E-state index in [0.717, 1.165) is 6.07 Å². The lowest BCUT2D eigenvalue weighted by atomic mass is 10.1. The van der Waals surface area contributed by atoms with E-state index in [0.29, 0.717) is 12.2 Å². The van der Waals surface area contributed by atoms with Gasteiger partial charge in [0.05, 0.1) is 22.5 Å². The Kier molecular flexibility index (Phi) is 2.09. The Labute approximate surface area is 83.6 Å². The van der Waals surface area contributed by atoms with E-state index in [2.05, 4.69) is 0 Å². The third-order valence-electron chi connectivity index (χ3n) is 2.05. The highest BCUT2D eigenvalue weighted by Gasteiger charge is 2.29. The normalized spacial score (nSPS) is 18.5. The molecule has 1 saturated heterocycles. The maximum Gasteiger partial charge on any atom is 0.276 e. The van der Waals surface area contributed by atoms with Crippen LogP contribution in [0, 0.1) is 20.2 Å². The van der Waals surface area contributed by atoms with Gasteiger partial charge in [0.15, 0.2) is 0 Å². The summed E-state index contributed by atoms with van der Waals surface area (Å²) < 4.78 is 4.92. The SMILES string of the molecule is O=[N+]([O-])c1cc([C@H]2CO2)cc([N+](=O)[O-])c1. The zero-order valence-corrected chi connectivity index (χ0v) is 7.45. The fraction of sp³-hybridized carbons (Fsp3) is 0.250. The standard InChI is InChI=1S/C8H6N2O5/c11-9(12)6-1-5(8-4-15-8)2-7(3-6)10(13)14/h1-3,8H,4H2/t8-/m1/s1. The van der Waals surface area contributed by atoms with E-state index >= 15 is 0 Å². The summed E-state index contributed by atoms with van der Waals surface area (Å²) in [6.45, 7) is 0.457. The van der Waals surface area contributed by atoms with Gasteiger partial charge in [0.25, 0.3) is 11.4 Å². The lowest BCUT2D eigenvalue weighted by Gasteiger charge is -1.97. The van der Waals surface area contributed by atoms with Crippen LogP contribution in [0.2, 0.25) is 0 Å². The minimum Gasteiger partial charge on any atom is -0.368 e. The number of rotatable bonds is 3. The van der Waals surface area contributed by atoms with Crippen molar-refractivity contribution in [3.63, 3.8) is 0 Å². The highest BCUT2D eigenvalue weighted by molar-refractivity contribution is 5.47. The highest BCUT2D eigenvalue weighted by atomic mass is 16.6. The van der Waals surface area contributed by atoms with Crippen molar-refractivity contribution < 1.29 is 14.6 Å². The van der Waals surface area contributed by atoms with E-state index in [9.17, 15) is 20.2 Å². The molecule has 0 saturated carbocycles. The van der Waals surface area contributed by atoms with Crippen LogP contribution in [-0.4, -0.2) is 16.5 Å². The van der Waals surface area contributed by atoms with E-state index in [4.69, 9.17) is 4.74 Å². The van der Waals surface area contributed by atoms with Crippen molar-refractivity contribution in [2.45, 2.75) is 6.10 Å². The number of benzene rings is 1. The Hall–Kier alpha value is -2.02. The number of nitrogens with zero attached hydrogens (tertiary/aromatic N) is 2. The fourth-order valence-electron chi connectivity index (χ4n) is 1.26. The molecule has 1 atom stereocenters. The van der Waals surface area contributed by atoms with Gasteiger partial charge in [-0.05, 0) is 5.56 Å². The van der Waals surface area contributed by atoms with Crippen molar-refractivity contribution in [3.05, 3.63) is 44.0 Å². The van der Waals surface area contributed by atoms with E-state index < -0.39 is 9.85 Å². The molecule has 1 aliphatic heterocycles. The third kappa shape index (κ3) is 1.91. The Bertz CT molecular complexity index is 408. The average molecular weight is 210 g/mol. The fourth-order valence-corrected chi connectivity index (χ4v) is 1.26. The smallest absolute Gasteiger partial charge is 0.276 e. The molecule has 1 heterocycles. The summed E-state index contributed by atoms with van der Waals surface area (Å²) >= 11 is 0. The van der Waals surface area contributed by atoms with Crippen LogP contribution in [0.3, 0.4) is 0 Å². The number of non-ortho nitro benzene ring substituents is 2. The van der Waals surface area contributed by atoms with Gasteiger partial charge in [-0.15, -0.1) is 0 Å². The summed E-state index contributed by atoms with van der Waals surface area (Å²) in [7, 11) is 0. The topological polar surface area (TPSA) is 98.8 Å². The van der Waals surface area contributed by atoms with Crippen LogP contribution in [-0.2, 0) is 4.74 Å². The highest BCUT2D eigenvalue weighted by Crippen LogP contribution is 2.34. The van der Waals surface area contributed by atoms with Gasteiger partial charge in [0, 0.05) is 12.1 Å². The Morgan fingerprint density at radius 1 is 1.13 bits per heavy atom. The minimum atomic E-state index is -0.654. The van der Waals surface area contributed by atoms with Crippen molar-refractivity contribution in [3.8, 4) is 0 Å². The average Bonchev–Trinajstić information content (AvgIpc) is 3.00. The molecule has 0 radical (unpaired) electrons. The van der Waals surface area contributed by atoms with Crippen molar-refractivity contribution in [1.29, 1.82) is 0 Å². The second-order valence-corrected chi connectivity index (χ2v) is 3.12. The number of epoxide rings is 1. The second kappa shape index (κ2) is 3.28. The quantitative estimate of drug-likeness (QED) is 0.428. The van der Waals surface area contributed by atoms with Gasteiger partial charge in [0.1, 0.15) is 6.10 Å². The lowest BCUT2D eigenvalue weighted by Crippen LogP contribution is -1.95. The number of hydrogen-bond donors (Lipinski definition) is 0. The molecule has 2 rings (SSSR count). The summed E-state index contributed by atoms with van der Waals surface area (Å²) in [5.41, 5.74) is -0.0831. The second-order valence-electron chi connectivity index (χ2n) is 3.12. The molecule has 0 bridgehead atoms. The van der Waals surface area contributed by atoms with Gasteiger partial charge < -0.3 is 4.74 Å². The molecule has 0 spiro atoms. The van der Waals surface area contributed by atoms with Crippen LogP contribution < -0.4 is 0 Å². The number of ether oxygens (including phenoxy) is 1. The number of hydrogen-bond acceptors (Lipinski definition) is 5. The van der Waals surface area contributed by atoms with Crippen molar-refractivity contribution in [2.75, 3.05) is 6.61 Å². The van der Waals surface area contributed by atoms with E-state index in [1.807, 2.05) is 0 Å². The predicted molar refractivity (Wildman–Crippen MR) is 48.4 cm³/mol. The zero-order chi connectivity index (χ0) is 11.0. The molecule has 1 aromatic carbocycles. The molecular weight excluding hydrogens is 204 g/mol. The first kappa shape index (κ1) is 9.53. The lowest BCUT2D eigenvalue weighted by molar-refractivity contribution is -0.394. The first-order valence-electron chi connectivity index (χ1n) is 4.13. The molecule has 0 N–H and O–H groups in total. The third-order valence-corrected chi connectivity index (χ3v) is 2.05. The van der Waals surface area contributed by atoms with Gasteiger partial charge in [0.2, 0.25) is 0 Å². The number of nitro groups is 2. The molecule has 0 unspecified atom stereocenters.